The monoisotopic (exact) mass is 1220 g/mol. The highest BCUT2D eigenvalue weighted by molar-refractivity contribution is 7.20. The number of halogens is 15. The van der Waals surface area contributed by atoms with Crippen molar-refractivity contribution in [2.24, 2.45) is 0 Å². The summed E-state index contributed by atoms with van der Waals surface area (Å²) in [5.74, 6) is -46.9. The smallest absolute Gasteiger partial charge is 0.481 e. The molecule has 4 aromatic carbocycles. The Balaban J connectivity index is 0.000000450. The maximum absolute atomic E-state index is 15.8. The van der Waals surface area contributed by atoms with Crippen LogP contribution in [-0.4, -0.2) is 42.9 Å². The first kappa shape index (κ1) is 74.4. The van der Waals surface area contributed by atoms with Crippen molar-refractivity contribution in [1.29, 1.82) is 0 Å². The van der Waals surface area contributed by atoms with Crippen LogP contribution in [0.2, 0.25) is 0 Å². The minimum Gasteiger partial charge on any atom is -0.656 e. The number of nitrogens with one attached hydrogen (secondary N) is 1. The van der Waals surface area contributed by atoms with Crippen LogP contribution in [0.3, 0.4) is 0 Å². The Morgan fingerprint density at radius 2 is 0.548 bits per heavy atom. The van der Waals surface area contributed by atoms with Gasteiger partial charge < -0.3 is 8.69 Å². The molecule has 0 heterocycles. The predicted molar refractivity (Wildman–Crippen MR) is 310 cm³/mol. The fourth-order valence-electron chi connectivity index (χ4n) is 11.9. The van der Waals surface area contributed by atoms with Gasteiger partial charge in [0.2, 0.25) is 0 Å². The molecule has 0 saturated carbocycles. The van der Waals surface area contributed by atoms with E-state index in [0.29, 0.717) is 6.07 Å². The molecule has 2 radical (unpaired) electrons. The summed E-state index contributed by atoms with van der Waals surface area (Å²) in [5.41, 5.74) is -9.69. The van der Waals surface area contributed by atoms with Crippen LogP contribution in [0.4, 0.5) is 65.9 Å². The molecule has 1 N–H and O–H groups in total. The molecular weight excluding hydrogens is 1130 g/mol. The van der Waals surface area contributed by atoms with Gasteiger partial charge in [0.05, 0.1) is 20.1 Å². The lowest BCUT2D eigenvalue weighted by atomic mass is 9.12. The first-order chi connectivity index (χ1) is 40.3. The van der Waals surface area contributed by atoms with E-state index >= 15 is 26.3 Å². The minimum atomic E-state index is -5.94. The molecule has 0 bridgehead atoms. The molecule has 4 aromatic rings. The van der Waals surface area contributed by atoms with Crippen molar-refractivity contribution >= 4 is 44.6 Å². The van der Waals surface area contributed by atoms with Crippen LogP contribution >= 0.6 is 0 Å². The van der Waals surface area contributed by atoms with Crippen LogP contribution in [-0.2, 0) is 12.8 Å². The van der Waals surface area contributed by atoms with Gasteiger partial charge in [0.15, 0.2) is 52.4 Å². The van der Waals surface area contributed by atoms with Crippen molar-refractivity contribution in [2.45, 2.75) is 246 Å². The molecule has 472 valence electrons. The number of hydrogen-bond acceptors (Lipinski definition) is 1. The van der Waals surface area contributed by atoms with Gasteiger partial charge in [-0.2, -0.15) is 5.46 Å². The Morgan fingerprint density at radius 3 is 0.762 bits per heavy atom. The number of unbranched alkanes of at least 4 members (excludes halogenated alkanes) is 30. The minimum absolute atomic E-state index is 0.0259. The lowest BCUT2D eigenvalue weighted by Crippen LogP contribution is -3.09. The van der Waals surface area contributed by atoms with Gasteiger partial charge >= 0.3 is 16.6 Å². The summed E-state index contributed by atoms with van der Waals surface area (Å²) in [5, 5.41) is 0. The predicted octanol–water partition coefficient (Wildman–Crippen LogP) is 17.8. The topological polar surface area (TPSA) is 13.7 Å². The van der Waals surface area contributed by atoms with Gasteiger partial charge in [-0.15, -0.1) is 16.4 Å². The third-order valence-corrected chi connectivity index (χ3v) is 16.9. The van der Waals surface area contributed by atoms with Crippen LogP contribution in [0.25, 0.3) is 0 Å². The molecule has 84 heavy (non-hydrogen) atoms. The van der Waals surface area contributed by atoms with Crippen LogP contribution in [0, 0.1) is 87.3 Å². The molecule has 0 saturated heterocycles. The van der Waals surface area contributed by atoms with E-state index in [1.807, 2.05) is 0 Å². The summed E-state index contributed by atoms with van der Waals surface area (Å²) in [7, 11) is 2.43. The zero-order valence-corrected chi connectivity index (χ0v) is 51.5. The highest BCUT2D eigenvalue weighted by atomic mass is 27.1. The molecule has 0 unspecified atom stereocenters. The maximum atomic E-state index is 15.8. The highest BCUT2D eigenvalue weighted by Crippen LogP contribution is 2.33. The van der Waals surface area contributed by atoms with E-state index in [4.69, 9.17) is 3.79 Å². The summed E-state index contributed by atoms with van der Waals surface area (Å²) in [6.07, 6.45) is 40.9. The molecule has 0 aliphatic carbocycles. The Kier molecular flexibility index (Phi) is 35.3. The van der Waals surface area contributed by atoms with Gasteiger partial charge in [0, 0.05) is 5.75 Å². The fourth-order valence-corrected chi connectivity index (χ4v) is 12.1. The number of hydrogen-bond donors (Lipinski definition) is 1. The van der Waals surface area contributed by atoms with Gasteiger partial charge in [0.25, 0.3) is 0 Å². The third kappa shape index (κ3) is 20.4. The average Bonchev–Trinajstić information content (AvgIpc) is 0.734. The number of aryl methyl sites for hydroxylation is 1. The Hall–Kier alpha value is -3.81. The van der Waals surface area contributed by atoms with E-state index in [2.05, 4.69) is 20.9 Å². The van der Waals surface area contributed by atoms with E-state index in [1.54, 1.807) is 4.90 Å². The fraction of sp³-hybridized carbons (Fsp3) is 0.631. The lowest BCUT2D eigenvalue weighted by Gasteiger charge is -2.46. The van der Waals surface area contributed by atoms with Gasteiger partial charge in [-0.05, 0) is 49.7 Å². The van der Waals surface area contributed by atoms with Gasteiger partial charge in [-0.1, -0.05) is 220 Å². The number of benzene rings is 4. The molecule has 0 aliphatic rings. The molecule has 19 heteroatoms. The average molecular weight is 1220 g/mol. The molecule has 0 aliphatic heterocycles. The number of rotatable bonds is 41. The van der Waals surface area contributed by atoms with Crippen molar-refractivity contribution in [3.8, 4) is 5.75 Å². The Morgan fingerprint density at radius 1 is 0.321 bits per heavy atom. The second-order valence-electron chi connectivity index (χ2n) is 22.8. The maximum Gasteiger partial charge on any atom is 0.481 e. The summed E-state index contributed by atoms with van der Waals surface area (Å²) < 4.78 is 232. The Bertz CT molecular complexity index is 2310. The van der Waals surface area contributed by atoms with Crippen LogP contribution in [0.5, 0.6) is 5.75 Å². The molecule has 0 amide bonds. The van der Waals surface area contributed by atoms with Crippen molar-refractivity contribution in [3.63, 3.8) is 0 Å². The van der Waals surface area contributed by atoms with Gasteiger partial charge in [0.1, 0.15) is 41.0 Å². The van der Waals surface area contributed by atoms with Crippen molar-refractivity contribution in [2.75, 3.05) is 20.1 Å². The van der Waals surface area contributed by atoms with Crippen LogP contribution < -0.4 is 30.5 Å². The lowest BCUT2D eigenvalue weighted by molar-refractivity contribution is -0.880. The molecule has 0 atom stereocenters. The van der Waals surface area contributed by atoms with Crippen LogP contribution in [0.1, 0.15) is 244 Å². The van der Waals surface area contributed by atoms with Crippen LogP contribution in [0.15, 0.2) is 12.1 Å². The normalized spacial score (nSPS) is 11.8. The summed E-state index contributed by atoms with van der Waals surface area (Å²) >= 11 is 1.48. The molecule has 2 nitrogen and oxygen atoms in total. The van der Waals surface area contributed by atoms with E-state index in [9.17, 15) is 39.5 Å². The summed E-state index contributed by atoms with van der Waals surface area (Å²) in [6, 6.07) is 1.33. The first-order valence-electron chi connectivity index (χ1n) is 31.3. The van der Waals surface area contributed by atoms with E-state index in [-0.39, 0.29) is 24.0 Å². The Labute approximate surface area is 499 Å². The molecular formula is C65H90AlBF15NO. The van der Waals surface area contributed by atoms with Gasteiger partial charge in [-0.25, -0.2) is 65.9 Å². The second-order valence-corrected chi connectivity index (χ2v) is 23.1. The largest absolute Gasteiger partial charge is 0.656 e. The summed E-state index contributed by atoms with van der Waals surface area (Å²) in [4.78, 5) is 1.78. The van der Waals surface area contributed by atoms with E-state index in [0.717, 1.165) is 6.07 Å². The molecule has 0 fully saturated rings. The third-order valence-electron chi connectivity index (χ3n) is 16.7. The molecule has 0 aromatic heterocycles. The standard InChI is InChI=1S/C37H77N.C28H13BF15O.Al/c1-4-6-8-10-12-14-16-18-20-22-24-26-28-30-32-34-36-38(3)37-35-33-31-29-27-25-23-21-19-17-15-13-11-9-7-5-2;1-3-7-5-6-9(28(45)8(7)4-2)29(10-13(30)19(36)25(42)20(37)14(10)31,11-15(32)21(38)26(43)22(39)16(11)33)12-17(34)23(40)27(44)24(41)18(12)35;/h4-37H2,1-3H3;5-6,45H,3-4H2,1-2H3;/q;-1;+1. The zero-order chi connectivity index (χ0) is 62.4. The first-order valence-corrected chi connectivity index (χ1v) is 31.8. The van der Waals surface area contributed by atoms with Crippen molar-refractivity contribution < 1.29 is 74.5 Å². The number of quaternary nitrogens is 1. The van der Waals surface area contributed by atoms with Crippen molar-refractivity contribution in [3.05, 3.63) is 111 Å². The molecule has 4 rings (SSSR count). The van der Waals surface area contributed by atoms with Gasteiger partial charge in [-0.3, -0.25) is 0 Å². The van der Waals surface area contributed by atoms with E-state index in [1.165, 1.54) is 249 Å². The van der Waals surface area contributed by atoms with E-state index < -0.39 is 121 Å². The van der Waals surface area contributed by atoms with Crippen molar-refractivity contribution in [1.82, 2.24) is 0 Å². The summed E-state index contributed by atoms with van der Waals surface area (Å²) in [6.45, 7) is 10.2. The highest BCUT2D eigenvalue weighted by Gasteiger charge is 2.50. The second kappa shape index (κ2) is 39.9. The molecule has 0 spiro atoms. The SMILES string of the molecule is CCCCCCCCCCCCCCCCCC[NH+](C)CCCCCCCCCCCCCCCCCC.CCc1ccc([B-](c2c(F)c(F)c(F)c(F)c2F)(c2c(F)c(F)c(F)c(F)c2F)c2c(F)c(F)c(F)c(F)c2F)c([O][Al])c1CC. The zero-order valence-electron chi connectivity index (χ0n) is 50.3. The quantitative estimate of drug-likeness (QED) is 0.0154.